The maximum atomic E-state index is 11.2. The van der Waals surface area contributed by atoms with Gasteiger partial charge in [-0.1, -0.05) is 0 Å². The molecule has 1 saturated carbocycles. The number of hydrazine groups is 1. The van der Waals surface area contributed by atoms with Crippen molar-refractivity contribution in [1.29, 1.82) is 0 Å². The molecule has 1 amide bonds. The number of carbonyl (C=O) groups is 1. The zero-order valence-electron chi connectivity index (χ0n) is 7.08. The van der Waals surface area contributed by atoms with Gasteiger partial charge in [0.15, 0.2) is 0 Å². The summed E-state index contributed by atoms with van der Waals surface area (Å²) in [6, 6.07) is 0. The summed E-state index contributed by atoms with van der Waals surface area (Å²) < 4.78 is 0. The first-order valence-corrected chi connectivity index (χ1v) is 4.42. The number of nitrogens with one attached hydrogen (secondary N) is 1. The molecule has 0 bridgehead atoms. The van der Waals surface area contributed by atoms with Gasteiger partial charge in [-0.15, -0.1) is 12.4 Å². The summed E-state index contributed by atoms with van der Waals surface area (Å²) in [5.74, 6) is 0.586. The van der Waals surface area contributed by atoms with Crippen molar-refractivity contribution in [3.8, 4) is 0 Å². The highest BCUT2D eigenvalue weighted by Crippen LogP contribution is 2.28. The fourth-order valence-corrected chi connectivity index (χ4v) is 1.42. The van der Waals surface area contributed by atoms with Gasteiger partial charge in [-0.3, -0.25) is 10.2 Å². The fraction of sp³-hybridized carbons (Fsp3) is 0.875. The smallest absolute Gasteiger partial charge is 0.237 e. The third-order valence-electron chi connectivity index (χ3n) is 2.32. The molecule has 0 aromatic carbocycles. The Hall–Kier alpha value is -0.280. The van der Waals surface area contributed by atoms with Gasteiger partial charge in [0, 0.05) is 19.0 Å². The number of rotatable bonds is 2. The predicted octanol–water partition coefficient (Wildman–Crippen LogP) is 0.945. The topological polar surface area (TPSA) is 32.3 Å². The van der Waals surface area contributed by atoms with Gasteiger partial charge in [0.25, 0.3) is 0 Å². The molecular formula is C8H15ClN2O. The average molecular weight is 191 g/mol. The first-order valence-electron chi connectivity index (χ1n) is 4.42. The van der Waals surface area contributed by atoms with Crippen molar-refractivity contribution >= 4 is 18.3 Å². The van der Waals surface area contributed by atoms with E-state index in [1.54, 1.807) is 0 Å². The van der Waals surface area contributed by atoms with Crippen LogP contribution in [0, 0.1) is 5.92 Å². The Labute approximate surface area is 78.9 Å². The van der Waals surface area contributed by atoms with Crippen LogP contribution in [0.3, 0.4) is 0 Å². The quantitative estimate of drug-likeness (QED) is 0.703. The van der Waals surface area contributed by atoms with Gasteiger partial charge in [0.05, 0.1) is 0 Å². The molecule has 70 valence electrons. The summed E-state index contributed by atoms with van der Waals surface area (Å²) in [4.78, 5) is 11.2. The number of nitrogens with zero attached hydrogens (tertiary/aromatic N) is 1. The third-order valence-corrected chi connectivity index (χ3v) is 2.32. The molecule has 1 aliphatic carbocycles. The van der Waals surface area contributed by atoms with Gasteiger partial charge in [-0.2, -0.15) is 0 Å². The summed E-state index contributed by atoms with van der Waals surface area (Å²) in [7, 11) is 0. The molecule has 2 aliphatic rings. The molecule has 12 heavy (non-hydrogen) atoms. The molecule has 0 atom stereocenters. The summed E-state index contributed by atoms with van der Waals surface area (Å²) >= 11 is 0. The van der Waals surface area contributed by atoms with Crippen LogP contribution in [0.15, 0.2) is 0 Å². The Morgan fingerprint density at radius 2 is 1.83 bits per heavy atom. The maximum absolute atomic E-state index is 11.2. The van der Waals surface area contributed by atoms with Gasteiger partial charge in [0.2, 0.25) is 5.91 Å². The van der Waals surface area contributed by atoms with E-state index in [1.165, 1.54) is 12.8 Å². The van der Waals surface area contributed by atoms with Gasteiger partial charge >= 0.3 is 0 Å². The van der Waals surface area contributed by atoms with Crippen LogP contribution in [0.2, 0.25) is 0 Å². The Balaban J connectivity index is 0.000000720. The van der Waals surface area contributed by atoms with Crippen LogP contribution < -0.4 is 5.43 Å². The molecule has 4 heteroatoms. The first kappa shape index (κ1) is 9.81. The van der Waals surface area contributed by atoms with Crippen LogP contribution in [-0.4, -0.2) is 24.0 Å². The summed E-state index contributed by atoms with van der Waals surface area (Å²) in [5, 5.41) is 2.04. The lowest BCUT2D eigenvalue weighted by atomic mass is 10.4. The van der Waals surface area contributed by atoms with E-state index in [-0.39, 0.29) is 18.3 Å². The predicted molar refractivity (Wildman–Crippen MR) is 48.9 cm³/mol. The molecule has 1 saturated heterocycles. The number of hydrogen-bond acceptors (Lipinski definition) is 2. The molecule has 0 spiro atoms. The van der Waals surface area contributed by atoms with E-state index in [0.717, 1.165) is 25.9 Å². The molecule has 0 aromatic heterocycles. The second-order valence-electron chi connectivity index (χ2n) is 3.44. The Morgan fingerprint density at radius 1 is 1.25 bits per heavy atom. The van der Waals surface area contributed by atoms with Gasteiger partial charge in [-0.25, -0.2) is 5.01 Å². The number of carbonyl (C=O) groups excluding carboxylic acids is 1. The van der Waals surface area contributed by atoms with Gasteiger partial charge in [-0.05, 0) is 25.7 Å². The Bertz CT molecular complexity index is 164. The van der Waals surface area contributed by atoms with Crippen LogP contribution in [0.4, 0.5) is 0 Å². The SMILES string of the molecule is Cl.O=C(NN1CCCC1)C1CC1. The molecule has 1 N–H and O–H groups in total. The second-order valence-corrected chi connectivity index (χ2v) is 3.44. The molecule has 3 nitrogen and oxygen atoms in total. The second kappa shape index (κ2) is 4.10. The van der Waals surface area contributed by atoms with E-state index in [1.807, 2.05) is 5.01 Å². The van der Waals surface area contributed by atoms with Crippen molar-refractivity contribution in [1.82, 2.24) is 10.4 Å². The van der Waals surface area contributed by atoms with Crippen molar-refractivity contribution in [2.24, 2.45) is 5.92 Å². The van der Waals surface area contributed by atoms with Crippen LogP contribution >= 0.6 is 12.4 Å². The molecule has 2 rings (SSSR count). The van der Waals surface area contributed by atoms with E-state index in [4.69, 9.17) is 0 Å². The Morgan fingerprint density at radius 3 is 2.33 bits per heavy atom. The lowest BCUT2D eigenvalue weighted by molar-refractivity contribution is -0.126. The highest BCUT2D eigenvalue weighted by atomic mass is 35.5. The Kier molecular flexibility index (Phi) is 3.35. The summed E-state index contributed by atoms with van der Waals surface area (Å²) in [6.07, 6.45) is 4.65. The van der Waals surface area contributed by atoms with Crippen LogP contribution in [0.1, 0.15) is 25.7 Å². The molecule has 2 fully saturated rings. The fourth-order valence-electron chi connectivity index (χ4n) is 1.42. The van der Waals surface area contributed by atoms with Crippen LogP contribution in [-0.2, 0) is 4.79 Å². The van der Waals surface area contributed by atoms with E-state index in [0.29, 0.717) is 5.92 Å². The van der Waals surface area contributed by atoms with Crippen molar-refractivity contribution < 1.29 is 4.79 Å². The summed E-state index contributed by atoms with van der Waals surface area (Å²) in [6.45, 7) is 2.08. The first-order chi connectivity index (χ1) is 5.36. The molecule has 0 unspecified atom stereocenters. The highest BCUT2D eigenvalue weighted by Gasteiger charge is 2.30. The van der Waals surface area contributed by atoms with E-state index in [2.05, 4.69) is 5.43 Å². The minimum Gasteiger partial charge on any atom is -0.289 e. The monoisotopic (exact) mass is 190 g/mol. The lowest BCUT2D eigenvalue weighted by Crippen LogP contribution is -2.40. The zero-order valence-corrected chi connectivity index (χ0v) is 7.90. The van der Waals surface area contributed by atoms with Gasteiger partial charge in [0.1, 0.15) is 0 Å². The minimum atomic E-state index is 0. The molecule has 0 radical (unpaired) electrons. The largest absolute Gasteiger partial charge is 0.289 e. The third kappa shape index (κ3) is 2.35. The molecule has 1 heterocycles. The van der Waals surface area contributed by atoms with Crippen molar-refractivity contribution in [2.75, 3.05) is 13.1 Å². The van der Waals surface area contributed by atoms with Crippen molar-refractivity contribution in [2.45, 2.75) is 25.7 Å². The number of halogens is 1. The normalized spacial score (nSPS) is 23.3. The van der Waals surface area contributed by atoms with Crippen molar-refractivity contribution in [3.05, 3.63) is 0 Å². The minimum absolute atomic E-state index is 0. The number of amides is 1. The van der Waals surface area contributed by atoms with E-state index in [9.17, 15) is 4.79 Å². The maximum Gasteiger partial charge on any atom is 0.237 e. The van der Waals surface area contributed by atoms with Crippen molar-refractivity contribution in [3.63, 3.8) is 0 Å². The summed E-state index contributed by atoms with van der Waals surface area (Å²) in [5.41, 5.74) is 2.94. The van der Waals surface area contributed by atoms with Crippen LogP contribution in [0.5, 0.6) is 0 Å². The average Bonchev–Trinajstić information content (AvgIpc) is 2.73. The zero-order chi connectivity index (χ0) is 7.68. The lowest BCUT2D eigenvalue weighted by Gasteiger charge is -2.15. The van der Waals surface area contributed by atoms with E-state index < -0.39 is 0 Å². The number of hydrogen-bond donors (Lipinski definition) is 1. The van der Waals surface area contributed by atoms with Gasteiger partial charge < -0.3 is 0 Å². The molecule has 1 aliphatic heterocycles. The molecular weight excluding hydrogens is 176 g/mol. The highest BCUT2D eigenvalue weighted by molar-refractivity contribution is 5.85. The van der Waals surface area contributed by atoms with E-state index >= 15 is 0 Å². The van der Waals surface area contributed by atoms with Crippen LogP contribution in [0.25, 0.3) is 0 Å². The standard InChI is InChI=1S/C8H14N2O.ClH/c11-8(7-3-4-7)9-10-5-1-2-6-10;/h7H,1-6H2,(H,9,11);1H. The molecule has 0 aromatic rings.